The van der Waals surface area contributed by atoms with Gasteiger partial charge in [-0.1, -0.05) is 12.1 Å². The van der Waals surface area contributed by atoms with Crippen molar-refractivity contribution in [1.82, 2.24) is 14.1 Å². The van der Waals surface area contributed by atoms with Crippen LogP contribution in [-0.2, 0) is 14.8 Å². The summed E-state index contributed by atoms with van der Waals surface area (Å²) >= 11 is 0. The lowest BCUT2D eigenvalue weighted by Gasteiger charge is -2.30. The third-order valence-corrected chi connectivity index (χ3v) is 6.48. The fourth-order valence-corrected chi connectivity index (χ4v) is 4.51. The SMILES string of the molecule is COc1ccccc1-n1cc(S(=O)(=O)N2CCC(OCCCN)CC2)cn1. The van der Waals surface area contributed by atoms with Crippen molar-refractivity contribution in [2.75, 3.05) is 33.4 Å². The van der Waals surface area contributed by atoms with Crippen LogP contribution in [0, 0.1) is 0 Å². The zero-order valence-corrected chi connectivity index (χ0v) is 16.3. The van der Waals surface area contributed by atoms with Gasteiger partial charge in [-0.25, -0.2) is 13.1 Å². The Kier molecular flexibility index (Phi) is 6.48. The van der Waals surface area contributed by atoms with Gasteiger partial charge in [-0.3, -0.25) is 0 Å². The second kappa shape index (κ2) is 8.83. The molecule has 8 nitrogen and oxygen atoms in total. The molecule has 0 aliphatic carbocycles. The summed E-state index contributed by atoms with van der Waals surface area (Å²) < 4.78 is 40.0. The monoisotopic (exact) mass is 394 g/mol. The van der Waals surface area contributed by atoms with E-state index >= 15 is 0 Å². The van der Waals surface area contributed by atoms with Gasteiger partial charge >= 0.3 is 0 Å². The van der Waals surface area contributed by atoms with Crippen molar-refractivity contribution in [1.29, 1.82) is 0 Å². The van der Waals surface area contributed by atoms with E-state index in [1.807, 2.05) is 18.2 Å². The molecule has 1 aromatic heterocycles. The highest BCUT2D eigenvalue weighted by Crippen LogP contribution is 2.25. The van der Waals surface area contributed by atoms with Crippen LogP contribution in [0.5, 0.6) is 5.75 Å². The first-order valence-corrected chi connectivity index (χ1v) is 10.5. The van der Waals surface area contributed by atoms with Crippen LogP contribution in [0.2, 0.25) is 0 Å². The molecule has 0 spiro atoms. The summed E-state index contributed by atoms with van der Waals surface area (Å²) in [6, 6.07) is 7.33. The van der Waals surface area contributed by atoms with E-state index in [4.69, 9.17) is 15.2 Å². The first kappa shape index (κ1) is 19.8. The number of benzene rings is 1. The van der Waals surface area contributed by atoms with Gasteiger partial charge in [0.25, 0.3) is 0 Å². The molecule has 0 unspecified atom stereocenters. The molecule has 1 aromatic carbocycles. The van der Waals surface area contributed by atoms with E-state index < -0.39 is 10.0 Å². The molecular weight excluding hydrogens is 368 g/mol. The van der Waals surface area contributed by atoms with Crippen molar-refractivity contribution in [2.45, 2.75) is 30.3 Å². The maximum absolute atomic E-state index is 12.9. The zero-order valence-electron chi connectivity index (χ0n) is 15.5. The van der Waals surface area contributed by atoms with Crippen LogP contribution in [-0.4, -0.2) is 62.0 Å². The number of rotatable bonds is 8. The third kappa shape index (κ3) is 4.49. The topological polar surface area (TPSA) is 99.7 Å². The van der Waals surface area contributed by atoms with Gasteiger partial charge in [0, 0.05) is 19.7 Å². The van der Waals surface area contributed by atoms with E-state index in [-0.39, 0.29) is 11.0 Å². The lowest BCUT2D eigenvalue weighted by molar-refractivity contribution is 0.0209. The van der Waals surface area contributed by atoms with Gasteiger partial charge in [-0.15, -0.1) is 0 Å². The molecule has 1 aliphatic rings. The molecule has 2 aromatic rings. The number of para-hydroxylation sites is 2. The number of piperidine rings is 1. The van der Waals surface area contributed by atoms with Crippen molar-refractivity contribution in [3.8, 4) is 11.4 Å². The van der Waals surface area contributed by atoms with E-state index in [0.29, 0.717) is 50.5 Å². The van der Waals surface area contributed by atoms with Gasteiger partial charge in [0.2, 0.25) is 10.0 Å². The van der Waals surface area contributed by atoms with Crippen LogP contribution in [0.4, 0.5) is 0 Å². The van der Waals surface area contributed by atoms with Crippen LogP contribution in [0.25, 0.3) is 5.69 Å². The predicted octanol–water partition coefficient (Wildman–Crippen LogP) is 1.40. The summed E-state index contributed by atoms with van der Waals surface area (Å²) in [5.74, 6) is 0.625. The van der Waals surface area contributed by atoms with Crippen molar-refractivity contribution < 1.29 is 17.9 Å². The van der Waals surface area contributed by atoms with E-state index in [2.05, 4.69) is 5.10 Å². The standard InChI is InChI=1S/C18H26N4O4S/c1-25-18-6-3-2-5-17(18)22-14-16(13-20-22)27(23,24)21-10-7-15(8-11-21)26-12-4-9-19/h2-3,5-6,13-15H,4,7-12,19H2,1H3. The summed E-state index contributed by atoms with van der Waals surface area (Å²) in [5, 5.41) is 4.22. The minimum absolute atomic E-state index is 0.0966. The molecule has 2 heterocycles. The van der Waals surface area contributed by atoms with Gasteiger partial charge in [0.05, 0.1) is 25.6 Å². The average molecular weight is 394 g/mol. The molecule has 1 aliphatic heterocycles. The molecule has 9 heteroatoms. The second-order valence-electron chi connectivity index (χ2n) is 6.41. The first-order valence-electron chi connectivity index (χ1n) is 9.06. The summed E-state index contributed by atoms with van der Waals surface area (Å²) in [6.45, 7) is 2.11. The Bertz CT molecular complexity index is 845. The lowest BCUT2D eigenvalue weighted by atomic mass is 10.1. The maximum atomic E-state index is 12.9. The van der Waals surface area contributed by atoms with Gasteiger partial charge in [0.15, 0.2) is 0 Å². The smallest absolute Gasteiger partial charge is 0.246 e. The molecule has 1 saturated heterocycles. The van der Waals surface area contributed by atoms with E-state index in [1.54, 1.807) is 13.2 Å². The number of aromatic nitrogens is 2. The fraction of sp³-hybridized carbons (Fsp3) is 0.500. The number of sulfonamides is 1. The van der Waals surface area contributed by atoms with Crippen LogP contribution >= 0.6 is 0 Å². The fourth-order valence-electron chi connectivity index (χ4n) is 3.11. The normalized spacial score (nSPS) is 16.5. The van der Waals surface area contributed by atoms with E-state index in [0.717, 1.165) is 6.42 Å². The van der Waals surface area contributed by atoms with Crippen LogP contribution in [0.15, 0.2) is 41.6 Å². The average Bonchev–Trinajstić information content (AvgIpc) is 3.19. The molecule has 148 valence electrons. The predicted molar refractivity (Wildman–Crippen MR) is 102 cm³/mol. The Balaban J connectivity index is 1.69. The molecular formula is C18H26N4O4S. The van der Waals surface area contributed by atoms with Gasteiger partial charge < -0.3 is 15.2 Å². The van der Waals surface area contributed by atoms with Gasteiger partial charge in [0.1, 0.15) is 16.3 Å². The summed E-state index contributed by atoms with van der Waals surface area (Å²) in [7, 11) is -2.01. The summed E-state index contributed by atoms with van der Waals surface area (Å²) in [4.78, 5) is 0.177. The van der Waals surface area contributed by atoms with Crippen LogP contribution in [0.3, 0.4) is 0 Å². The number of methoxy groups -OCH3 is 1. The molecule has 2 N–H and O–H groups in total. The van der Waals surface area contributed by atoms with Crippen LogP contribution < -0.4 is 10.5 Å². The molecule has 3 rings (SSSR count). The minimum Gasteiger partial charge on any atom is -0.494 e. The molecule has 0 saturated carbocycles. The number of hydrogen-bond donors (Lipinski definition) is 1. The minimum atomic E-state index is -3.58. The Morgan fingerprint density at radius 1 is 1.26 bits per heavy atom. The van der Waals surface area contributed by atoms with Crippen molar-refractivity contribution in [3.05, 3.63) is 36.7 Å². The molecule has 0 radical (unpaired) electrons. The Hall–Kier alpha value is -1.94. The molecule has 1 fully saturated rings. The summed E-state index contributed by atoms with van der Waals surface area (Å²) in [6.07, 6.45) is 5.19. The quantitative estimate of drug-likeness (QED) is 0.680. The summed E-state index contributed by atoms with van der Waals surface area (Å²) in [5.41, 5.74) is 6.15. The Labute approximate surface area is 159 Å². The lowest BCUT2D eigenvalue weighted by Crippen LogP contribution is -2.40. The van der Waals surface area contributed by atoms with E-state index in [1.165, 1.54) is 21.4 Å². The highest BCUT2D eigenvalue weighted by atomic mass is 32.2. The zero-order chi connectivity index (χ0) is 19.3. The number of hydrogen-bond acceptors (Lipinski definition) is 6. The molecule has 27 heavy (non-hydrogen) atoms. The number of nitrogens with zero attached hydrogens (tertiary/aromatic N) is 3. The van der Waals surface area contributed by atoms with Crippen LogP contribution in [0.1, 0.15) is 19.3 Å². The van der Waals surface area contributed by atoms with Crippen molar-refractivity contribution >= 4 is 10.0 Å². The third-order valence-electron chi connectivity index (χ3n) is 4.63. The molecule has 0 bridgehead atoms. The Morgan fingerprint density at radius 3 is 2.70 bits per heavy atom. The van der Waals surface area contributed by atoms with Crippen molar-refractivity contribution in [2.24, 2.45) is 5.73 Å². The maximum Gasteiger partial charge on any atom is 0.246 e. The molecule has 0 atom stereocenters. The van der Waals surface area contributed by atoms with E-state index in [9.17, 15) is 8.42 Å². The number of ether oxygens (including phenoxy) is 2. The highest BCUT2D eigenvalue weighted by Gasteiger charge is 2.30. The Morgan fingerprint density at radius 2 is 2.00 bits per heavy atom. The molecule has 0 amide bonds. The largest absolute Gasteiger partial charge is 0.494 e. The van der Waals surface area contributed by atoms with Crippen molar-refractivity contribution in [3.63, 3.8) is 0 Å². The first-order chi connectivity index (χ1) is 13.1. The highest BCUT2D eigenvalue weighted by molar-refractivity contribution is 7.89. The second-order valence-corrected chi connectivity index (χ2v) is 8.35. The number of nitrogens with two attached hydrogens (primary N) is 1. The van der Waals surface area contributed by atoms with Gasteiger partial charge in [-0.2, -0.15) is 9.40 Å². The van der Waals surface area contributed by atoms with Gasteiger partial charge in [-0.05, 0) is 37.9 Å².